The highest BCUT2D eigenvalue weighted by Crippen LogP contribution is 2.18. The molecule has 1 heterocycles. The Kier molecular flexibility index (Phi) is 4.89. The lowest BCUT2D eigenvalue weighted by Crippen LogP contribution is -2.31. The average molecular weight is 281 g/mol. The van der Waals surface area contributed by atoms with Gasteiger partial charge in [0.1, 0.15) is 12.3 Å². The third-order valence-electron chi connectivity index (χ3n) is 2.88. The highest BCUT2D eigenvalue weighted by atomic mass is 16.5. The van der Waals surface area contributed by atoms with Gasteiger partial charge in [-0.3, -0.25) is 4.79 Å². The number of carbonyl (C=O) groups is 1. The van der Waals surface area contributed by atoms with Gasteiger partial charge in [-0.15, -0.1) is 0 Å². The molecule has 21 heavy (non-hydrogen) atoms. The van der Waals surface area contributed by atoms with Gasteiger partial charge in [0, 0.05) is 18.8 Å². The van der Waals surface area contributed by atoms with E-state index in [-0.39, 0.29) is 12.5 Å². The number of amides is 1. The maximum Gasteiger partial charge on any atom is 0.256 e. The summed E-state index contributed by atoms with van der Waals surface area (Å²) >= 11 is 0. The highest BCUT2D eigenvalue weighted by molar-refractivity contribution is 5.94. The number of benzene rings is 1. The van der Waals surface area contributed by atoms with E-state index in [1.165, 1.54) is 11.1 Å². The van der Waals surface area contributed by atoms with Crippen LogP contribution in [-0.4, -0.2) is 28.9 Å². The van der Waals surface area contributed by atoms with Crippen LogP contribution in [0.4, 0.5) is 0 Å². The van der Waals surface area contributed by atoms with Gasteiger partial charge in [0.15, 0.2) is 0 Å². The predicted octanol–water partition coefficient (Wildman–Crippen LogP) is 2.86. The summed E-state index contributed by atoms with van der Waals surface area (Å²) in [7, 11) is 0. The first-order valence-corrected chi connectivity index (χ1v) is 6.59. The summed E-state index contributed by atoms with van der Waals surface area (Å²) in [6.45, 7) is 2.38. The number of hydrogen-bond donors (Lipinski definition) is 0. The first-order chi connectivity index (χ1) is 10.2. The van der Waals surface area contributed by atoms with Crippen molar-refractivity contribution in [3.05, 3.63) is 54.2 Å². The lowest BCUT2D eigenvalue weighted by Gasteiger charge is -2.16. The van der Waals surface area contributed by atoms with Crippen LogP contribution in [0.1, 0.15) is 17.3 Å². The molecule has 0 unspecified atom stereocenters. The van der Waals surface area contributed by atoms with E-state index >= 15 is 0 Å². The van der Waals surface area contributed by atoms with Gasteiger partial charge in [-0.2, -0.15) is 5.26 Å². The van der Waals surface area contributed by atoms with Gasteiger partial charge in [-0.1, -0.05) is 18.2 Å². The average Bonchev–Trinajstić information content (AvgIpc) is 2.54. The van der Waals surface area contributed by atoms with Crippen LogP contribution in [0.5, 0.6) is 11.6 Å². The molecule has 0 radical (unpaired) electrons. The lowest BCUT2D eigenvalue weighted by atomic mass is 10.2. The Morgan fingerprint density at radius 3 is 2.62 bits per heavy atom. The van der Waals surface area contributed by atoms with E-state index in [4.69, 9.17) is 10.00 Å². The molecule has 0 aliphatic carbocycles. The molecule has 5 nitrogen and oxygen atoms in total. The van der Waals surface area contributed by atoms with Crippen LogP contribution in [0.25, 0.3) is 0 Å². The maximum absolute atomic E-state index is 12.1. The Balaban J connectivity index is 2.08. The molecule has 0 N–H and O–H groups in total. The smallest absolute Gasteiger partial charge is 0.256 e. The standard InChI is InChI=1S/C16H15N3O2/c1-2-19(11-10-17)16(20)13-8-9-15(18-12-13)21-14-6-4-3-5-7-14/h3-9,12H,2,11H2,1H3. The molecule has 5 heteroatoms. The Bertz CT molecular complexity index is 633. The van der Waals surface area contributed by atoms with E-state index in [9.17, 15) is 4.79 Å². The van der Waals surface area contributed by atoms with Crippen LogP contribution in [0.2, 0.25) is 0 Å². The molecule has 1 aromatic heterocycles. The van der Waals surface area contributed by atoms with Crippen molar-refractivity contribution in [2.24, 2.45) is 0 Å². The van der Waals surface area contributed by atoms with E-state index in [0.717, 1.165) is 0 Å². The van der Waals surface area contributed by atoms with Gasteiger partial charge in [0.05, 0.1) is 11.6 Å². The fourth-order valence-corrected chi connectivity index (χ4v) is 1.77. The van der Waals surface area contributed by atoms with Crippen molar-refractivity contribution in [1.82, 2.24) is 9.88 Å². The minimum atomic E-state index is -0.210. The van der Waals surface area contributed by atoms with E-state index in [0.29, 0.717) is 23.7 Å². The van der Waals surface area contributed by atoms with E-state index in [1.807, 2.05) is 43.3 Å². The van der Waals surface area contributed by atoms with Gasteiger partial charge >= 0.3 is 0 Å². The second-order valence-corrected chi connectivity index (χ2v) is 4.28. The van der Waals surface area contributed by atoms with Crippen molar-refractivity contribution in [3.8, 4) is 17.7 Å². The first-order valence-electron chi connectivity index (χ1n) is 6.59. The number of aromatic nitrogens is 1. The van der Waals surface area contributed by atoms with Crippen LogP contribution >= 0.6 is 0 Å². The molecule has 1 amide bonds. The normalized spacial score (nSPS) is 9.71. The number of nitriles is 1. The molecule has 0 fully saturated rings. The number of nitrogens with zero attached hydrogens (tertiary/aromatic N) is 3. The van der Waals surface area contributed by atoms with Crippen molar-refractivity contribution in [2.75, 3.05) is 13.1 Å². The summed E-state index contributed by atoms with van der Waals surface area (Å²) in [4.78, 5) is 17.7. The number of hydrogen-bond acceptors (Lipinski definition) is 4. The molecule has 0 spiro atoms. The lowest BCUT2D eigenvalue weighted by molar-refractivity contribution is 0.0783. The van der Waals surface area contributed by atoms with Crippen LogP contribution < -0.4 is 4.74 Å². The molecule has 0 bridgehead atoms. The van der Waals surface area contributed by atoms with Gasteiger partial charge in [0.2, 0.25) is 5.88 Å². The second kappa shape index (κ2) is 7.06. The third-order valence-corrected chi connectivity index (χ3v) is 2.88. The van der Waals surface area contributed by atoms with Gasteiger partial charge in [-0.25, -0.2) is 4.98 Å². The molecule has 0 saturated heterocycles. The van der Waals surface area contributed by atoms with Gasteiger partial charge in [0.25, 0.3) is 5.91 Å². The number of pyridine rings is 1. The Morgan fingerprint density at radius 1 is 1.29 bits per heavy atom. The highest BCUT2D eigenvalue weighted by Gasteiger charge is 2.14. The largest absolute Gasteiger partial charge is 0.439 e. The number of rotatable bonds is 5. The van der Waals surface area contributed by atoms with E-state index in [2.05, 4.69) is 4.98 Å². The predicted molar refractivity (Wildman–Crippen MR) is 77.9 cm³/mol. The van der Waals surface area contributed by atoms with Crippen molar-refractivity contribution in [1.29, 1.82) is 5.26 Å². The Hall–Kier alpha value is -2.87. The quantitative estimate of drug-likeness (QED) is 0.790. The molecular weight excluding hydrogens is 266 g/mol. The summed E-state index contributed by atoms with van der Waals surface area (Å²) in [5.41, 5.74) is 0.438. The maximum atomic E-state index is 12.1. The molecule has 0 atom stereocenters. The monoisotopic (exact) mass is 281 g/mol. The van der Waals surface area contributed by atoms with Crippen molar-refractivity contribution in [2.45, 2.75) is 6.92 Å². The number of para-hydroxylation sites is 1. The molecule has 0 aliphatic rings. The minimum Gasteiger partial charge on any atom is -0.439 e. The number of carbonyl (C=O) groups excluding carboxylic acids is 1. The molecular formula is C16H15N3O2. The fraction of sp³-hybridized carbons (Fsp3) is 0.188. The van der Waals surface area contributed by atoms with E-state index < -0.39 is 0 Å². The summed E-state index contributed by atoms with van der Waals surface area (Å²) in [5, 5.41) is 8.69. The summed E-state index contributed by atoms with van der Waals surface area (Å²) in [6.07, 6.45) is 1.46. The fourth-order valence-electron chi connectivity index (χ4n) is 1.77. The number of ether oxygens (including phenoxy) is 1. The molecule has 2 aromatic rings. The first kappa shape index (κ1) is 14.5. The topological polar surface area (TPSA) is 66.2 Å². The molecule has 0 aliphatic heterocycles. The molecule has 2 rings (SSSR count). The third kappa shape index (κ3) is 3.80. The Morgan fingerprint density at radius 2 is 2.05 bits per heavy atom. The van der Waals surface area contributed by atoms with E-state index in [1.54, 1.807) is 12.1 Å². The van der Waals surface area contributed by atoms with Gasteiger partial charge in [-0.05, 0) is 25.1 Å². The zero-order chi connectivity index (χ0) is 15.1. The summed E-state index contributed by atoms with van der Waals surface area (Å²) < 4.78 is 5.56. The zero-order valence-electron chi connectivity index (χ0n) is 11.7. The van der Waals surface area contributed by atoms with Crippen molar-refractivity contribution >= 4 is 5.91 Å². The zero-order valence-corrected chi connectivity index (χ0v) is 11.7. The van der Waals surface area contributed by atoms with Crippen molar-refractivity contribution < 1.29 is 9.53 Å². The second-order valence-electron chi connectivity index (χ2n) is 4.28. The van der Waals surface area contributed by atoms with Crippen molar-refractivity contribution in [3.63, 3.8) is 0 Å². The van der Waals surface area contributed by atoms with Crippen LogP contribution in [0.3, 0.4) is 0 Å². The minimum absolute atomic E-state index is 0.0671. The van der Waals surface area contributed by atoms with Crippen LogP contribution in [-0.2, 0) is 0 Å². The van der Waals surface area contributed by atoms with Crippen LogP contribution in [0, 0.1) is 11.3 Å². The Labute approximate surface area is 123 Å². The summed E-state index contributed by atoms with van der Waals surface area (Å²) in [5.74, 6) is 0.891. The SMILES string of the molecule is CCN(CC#N)C(=O)c1ccc(Oc2ccccc2)nc1. The molecule has 0 saturated carbocycles. The molecule has 106 valence electrons. The van der Waals surface area contributed by atoms with Gasteiger partial charge < -0.3 is 9.64 Å². The summed E-state index contributed by atoms with van der Waals surface area (Å²) in [6, 6.07) is 14.5. The molecule has 1 aromatic carbocycles. The van der Waals surface area contributed by atoms with Crippen LogP contribution in [0.15, 0.2) is 48.7 Å².